The van der Waals surface area contributed by atoms with Gasteiger partial charge >= 0.3 is 0 Å². The molecule has 0 saturated carbocycles. The quantitative estimate of drug-likeness (QED) is 0.896. The number of benzene rings is 1. The molecule has 1 aromatic carbocycles. The molecule has 2 aliphatic rings. The number of hydrogen-bond donors (Lipinski definition) is 1. The Bertz CT molecular complexity index is 506. The summed E-state index contributed by atoms with van der Waals surface area (Å²) in [5.74, 6) is 1.06. The van der Waals surface area contributed by atoms with E-state index in [2.05, 4.69) is 17.4 Å². The van der Waals surface area contributed by atoms with Crippen molar-refractivity contribution in [2.45, 2.75) is 25.0 Å². The molecule has 98 valence electrons. The Hall–Kier alpha value is -1.07. The topological polar surface area (TPSA) is 55.4 Å². The van der Waals surface area contributed by atoms with E-state index in [4.69, 9.17) is 4.74 Å². The lowest BCUT2D eigenvalue weighted by molar-refractivity contribution is 0.230. The lowest BCUT2D eigenvalue weighted by Crippen LogP contribution is -2.45. The van der Waals surface area contributed by atoms with Gasteiger partial charge in [-0.25, -0.2) is 8.42 Å². The van der Waals surface area contributed by atoms with Gasteiger partial charge in [-0.05, 0) is 37.1 Å². The molecule has 5 heteroatoms. The van der Waals surface area contributed by atoms with E-state index in [0.717, 1.165) is 12.3 Å². The van der Waals surface area contributed by atoms with Gasteiger partial charge in [-0.15, -0.1) is 0 Å². The average molecular weight is 267 g/mol. The van der Waals surface area contributed by atoms with Gasteiger partial charge in [0.1, 0.15) is 11.9 Å². The minimum Gasteiger partial charge on any atom is -0.488 e. The summed E-state index contributed by atoms with van der Waals surface area (Å²) >= 11 is 0. The van der Waals surface area contributed by atoms with Gasteiger partial charge < -0.3 is 10.1 Å². The first kappa shape index (κ1) is 12.0. The highest BCUT2D eigenvalue weighted by molar-refractivity contribution is 7.92. The lowest BCUT2D eigenvalue weighted by Gasteiger charge is -2.26. The maximum Gasteiger partial charge on any atom is 0.157 e. The number of hydrogen-bond acceptors (Lipinski definition) is 4. The summed E-state index contributed by atoms with van der Waals surface area (Å²) < 4.78 is 27.7. The van der Waals surface area contributed by atoms with Gasteiger partial charge in [0.2, 0.25) is 0 Å². The van der Waals surface area contributed by atoms with Crippen LogP contribution in [0.1, 0.15) is 24.4 Å². The smallest absolute Gasteiger partial charge is 0.157 e. The molecule has 0 radical (unpaired) electrons. The molecule has 1 N–H and O–H groups in total. The Morgan fingerprint density at radius 3 is 2.44 bits per heavy atom. The lowest BCUT2D eigenvalue weighted by atomic mass is 10.1. The van der Waals surface area contributed by atoms with Crippen LogP contribution in [0.25, 0.3) is 0 Å². The highest BCUT2D eigenvalue weighted by Gasteiger charge is 2.35. The Kier molecular flexibility index (Phi) is 3.03. The highest BCUT2D eigenvalue weighted by Crippen LogP contribution is 2.26. The second-order valence-corrected chi connectivity index (χ2v) is 7.19. The molecule has 0 amide bonds. The Labute approximate surface area is 107 Å². The zero-order chi connectivity index (χ0) is 12.6. The third kappa shape index (κ3) is 2.52. The molecule has 0 aromatic heterocycles. The first-order valence-corrected chi connectivity index (χ1v) is 8.15. The molecule has 0 aliphatic carbocycles. The van der Waals surface area contributed by atoms with E-state index in [9.17, 15) is 8.42 Å². The van der Waals surface area contributed by atoms with Crippen molar-refractivity contribution < 1.29 is 13.2 Å². The molecule has 1 unspecified atom stereocenters. The fraction of sp³-hybridized carbons (Fsp3) is 0.538. The van der Waals surface area contributed by atoms with E-state index in [0.29, 0.717) is 6.04 Å². The molecular formula is C13H17NO3S. The van der Waals surface area contributed by atoms with Crippen molar-refractivity contribution in [2.75, 3.05) is 18.1 Å². The molecule has 3 rings (SSSR count). The van der Waals surface area contributed by atoms with Gasteiger partial charge in [-0.1, -0.05) is 12.1 Å². The third-order valence-electron chi connectivity index (χ3n) is 3.53. The Morgan fingerprint density at radius 1 is 1.17 bits per heavy atom. The van der Waals surface area contributed by atoms with Gasteiger partial charge in [-0.3, -0.25) is 0 Å². The Balaban J connectivity index is 1.61. The molecule has 2 fully saturated rings. The van der Waals surface area contributed by atoms with Crippen LogP contribution in [-0.2, 0) is 9.84 Å². The largest absolute Gasteiger partial charge is 0.488 e. The molecule has 0 bridgehead atoms. The monoisotopic (exact) mass is 267 g/mol. The standard InChI is InChI=1S/C13H17NO3S/c15-18(16)8-12(9-18)17-11-5-3-10(4-6-11)13-2-1-7-14-13/h3-6,12-14H,1-2,7-9H2. The van der Waals surface area contributed by atoms with Crippen molar-refractivity contribution in [3.8, 4) is 5.75 Å². The van der Waals surface area contributed by atoms with Gasteiger partial charge in [0.05, 0.1) is 11.5 Å². The zero-order valence-electron chi connectivity index (χ0n) is 10.1. The summed E-state index contributed by atoms with van der Waals surface area (Å²) in [6.45, 7) is 1.09. The fourth-order valence-corrected chi connectivity index (χ4v) is 3.70. The predicted octanol–water partition coefficient (Wildman–Crippen LogP) is 1.29. The summed E-state index contributed by atoms with van der Waals surface area (Å²) in [6, 6.07) is 8.44. The van der Waals surface area contributed by atoms with E-state index in [1.54, 1.807) is 0 Å². The van der Waals surface area contributed by atoms with Crippen molar-refractivity contribution in [1.29, 1.82) is 0 Å². The maximum absolute atomic E-state index is 11.0. The third-order valence-corrected chi connectivity index (χ3v) is 5.28. The van der Waals surface area contributed by atoms with Crippen LogP contribution >= 0.6 is 0 Å². The SMILES string of the molecule is O=S1(=O)CC(Oc2ccc(C3CCCN3)cc2)C1. The van der Waals surface area contributed by atoms with Crippen LogP contribution in [0.4, 0.5) is 0 Å². The van der Waals surface area contributed by atoms with Gasteiger partial charge in [0, 0.05) is 6.04 Å². The highest BCUT2D eigenvalue weighted by atomic mass is 32.2. The van der Waals surface area contributed by atoms with Gasteiger partial charge in [0.15, 0.2) is 9.84 Å². The molecule has 2 saturated heterocycles. The van der Waals surface area contributed by atoms with Gasteiger partial charge in [-0.2, -0.15) is 0 Å². The average Bonchev–Trinajstić information content (AvgIpc) is 2.81. The van der Waals surface area contributed by atoms with E-state index in [1.165, 1.54) is 18.4 Å². The van der Waals surface area contributed by atoms with E-state index >= 15 is 0 Å². The normalized spacial score (nSPS) is 26.8. The molecule has 2 aliphatic heterocycles. The molecule has 18 heavy (non-hydrogen) atoms. The van der Waals surface area contributed by atoms with Crippen LogP contribution in [0.5, 0.6) is 5.75 Å². The molecular weight excluding hydrogens is 250 g/mol. The Morgan fingerprint density at radius 2 is 1.89 bits per heavy atom. The van der Waals surface area contributed by atoms with Crippen molar-refractivity contribution in [1.82, 2.24) is 5.32 Å². The summed E-state index contributed by atoms with van der Waals surface area (Å²) in [5, 5.41) is 3.45. The predicted molar refractivity (Wildman–Crippen MR) is 69.5 cm³/mol. The van der Waals surface area contributed by atoms with Crippen LogP contribution < -0.4 is 10.1 Å². The van der Waals surface area contributed by atoms with Crippen molar-refractivity contribution in [2.24, 2.45) is 0 Å². The first-order chi connectivity index (χ1) is 8.62. The van der Waals surface area contributed by atoms with Crippen LogP contribution in [0.3, 0.4) is 0 Å². The second-order valence-electron chi connectivity index (χ2n) is 5.03. The van der Waals surface area contributed by atoms with Crippen LogP contribution in [0, 0.1) is 0 Å². The van der Waals surface area contributed by atoms with E-state index in [1.807, 2.05) is 12.1 Å². The second kappa shape index (κ2) is 4.55. The number of nitrogens with one attached hydrogen (secondary N) is 1. The molecule has 2 heterocycles. The van der Waals surface area contributed by atoms with E-state index < -0.39 is 9.84 Å². The molecule has 0 spiro atoms. The van der Waals surface area contributed by atoms with Crippen molar-refractivity contribution in [3.05, 3.63) is 29.8 Å². The summed E-state index contributed by atoms with van der Waals surface area (Å²) in [6.07, 6.45) is 2.25. The van der Waals surface area contributed by atoms with Gasteiger partial charge in [0.25, 0.3) is 0 Å². The van der Waals surface area contributed by atoms with Crippen LogP contribution in [-0.4, -0.2) is 32.6 Å². The summed E-state index contributed by atoms with van der Waals surface area (Å²) in [4.78, 5) is 0. The molecule has 1 atom stereocenters. The van der Waals surface area contributed by atoms with Crippen LogP contribution in [0.15, 0.2) is 24.3 Å². The molecule has 4 nitrogen and oxygen atoms in total. The minimum atomic E-state index is -2.81. The number of sulfone groups is 1. The van der Waals surface area contributed by atoms with Crippen LogP contribution in [0.2, 0.25) is 0 Å². The van der Waals surface area contributed by atoms with Crippen molar-refractivity contribution >= 4 is 9.84 Å². The minimum absolute atomic E-state index is 0.152. The summed E-state index contributed by atoms with van der Waals surface area (Å²) in [5.41, 5.74) is 1.28. The van der Waals surface area contributed by atoms with Crippen molar-refractivity contribution in [3.63, 3.8) is 0 Å². The fourth-order valence-electron chi connectivity index (χ4n) is 2.53. The maximum atomic E-state index is 11.0. The zero-order valence-corrected chi connectivity index (χ0v) is 10.9. The first-order valence-electron chi connectivity index (χ1n) is 6.33. The summed E-state index contributed by atoms with van der Waals surface area (Å²) in [7, 11) is -2.81. The number of ether oxygens (including phenoxy) is 1. The van der Waals surface area contributed by atoms with E-state index in [-0.39, 0.29) is 17.6 Å². The number of rotatable bonds is 3. The molecule has 1 aromatic rings.